The van der Waals surface area contributed by atoms with Gasteiger partial charge in [0.15, 0.2) is 0 Å². The first-order valence-corrected chi connectivity index (χ1v) is 6.99. The Morgan fingerprint density at radius 2 is 1.68 bits per heavy atom. The van der Waals surface area contributed by atoms with Crippen molar-refractivity contribution in [1.29, 1.82) is 0 Å². The Morgan fingerprint density at radius 1 is 1.00 bits per heavy atom. The summed E-state index contributed by atoms with van der Waals surface area (Å²) in [5.74, 6) is -0.259. The predicted molar refractivity (Wildman–Crippen MR) is 92.0 cm³/mol. The number of hydrogen-bond donors (Lipinski definition) is 1. The van der Waals surface area contributed by atoms with E-state index in [9.17, 15) is 4.79 Å². The normalized spacial score (nSPS) is 11.0. The topological polar surface area (TPSA) is 44.7 Å². The number of hydrogen-bond acceptors (Lipinski definition) is 3. The van der Waals surface area contributed by atoms with Gasteiger partial charge in [-0.05, 0) is 29.3 Å². The van der Waals surface area contributed by atoms with E-state index in [1.807, 2.05) is 73.6 Å². The van der Waals surface area contributed by atoms with Crippen molar-refractivity contribution < 1.29 is 4.79 Å². The maximum Gasteiger partial charge on any atom is 0.264 e. The van der Waals surface area contributed by atoms with Gasteiger partial charge in [0.1, 0.15) is 0 Å². The van der Waals surface area contributed by atoms with Crippen molar-refractivity contribution in [3.63, 3.8) is 0 Å². The molecule has 2 aromatic carbocycles. The highest BCUT2D eigenvalue weighted by Gasteiger charge is 1.95. The summed E-state index contributed by atoms with van der Waals surface area (Å²) in [6, 6.07) is 17.5. The minimum Gasteiger partial charge on any atom is -0.378 e. The molecule has 2 aromatic rings. The van der Waals surface area contributed by atoms with E-state index in [-0.39, 0.29) is 5.91 Å². The summed E-state index contributed by atoms with van der Waals surface area (Å²) < 4.78 is 0. The van der Waals surface area contributed by atoms with E-state index >= 15 is 0 Å². The van der Waals surface area contributed by atoms with Gasteiger partial charge in [-0.15, -0.1) is 0 Å². The lowest BCUT2D eigenvalue weighted by molar-refractivity contribution is -0.116. The molecule has 0 spiro atoms. The first-order chi connectivity index (χ1) is 10.6. The lowest BCUT2D eigenvalue weighted by Crippen LogP contribution is -2.14. The maximum atomic E-state index is 11.6. The van der Waals surface area contributed by atoms with Crippen LogP contribution < -0.4 is 10.3 Å². The lowest BCUT2D eigenvalue weighted by Gasteiger charge is -2.11. The zero-order valence-electron chi connectivity index (χ0n) is 12.7. The third-order valence-corrected chi connectivity index (χ3v) is 3.02. The highest BCUT2D eigenvalue weighted by Crippen LogP contribution is 2.10. The Bertz CT molecular complexity index is 658. The molecule has 0 aromatic heterocycles. The molecule has 0 saturated carbocycles. The van der Waals surface area contributed by atoms with Crippen molar-refractivity contribution in [2.45, 2.75) is 0 Å². The number of benzene rings is 2. The van der Waals surface area contributed by atoms with Gasteiger partial charge in [-0.1, -0.05) is 42.5 Å². The molecule has 0 aliphatic heterocycles. The van der Waals surface area contributed by atoms with Crippen molar-refractivity contribution in [1.82, 2.24) is 5.43 Å². The van der Waals surface area contributed by atoms with Gasteiger partial charge in [-0.25, -0.2) is 5.43 Å². The Hall–Kier alpha value is -2.88. The predicted octanol–water partition coefficient (Wildman–Crippen LogP) is 2.92. The average molecular weight is 293 g/mol. The second-order valence-electron chi connectivity index (χ2n) is 4.96. The second-order valence-corrected chi connectivity index (χ2v) is 4.96. The number of carbonyl (C=O) groups excluding carboxylic acids is 1. The number of hydrazone groups is 1. The maximum absolute atomic E-state index is 11.6. The van der Waals surface area contributed by atoms with Crippen LogP contribution in [0, 0.1) is 0 Å². The van der Waals surface area contributed by atoms with E-state index in [2.05, 4.69) is 10.5 Å². The highest BCUT2D eigenvalue weighted by atomic mass is 16.2. The number of nitrogens with zero attached hydrogens (tertiary/aromatic N) is 2. The van der Waals surface area contributed by atoms with Gasteiger partial charge < -0.3 is 4.90 Å². The molecule has 0 atom stereocenters. The van der Waals surface area contributed by atoms with Crippen LogP contribution in [0.5, 0.6) is 0 Å². The average Bonchev–Trinajstić information content (AvgIpc) is 2.54. The fourth-order valence-corrected chi connectivity index (χ4v) is 1.80. The van der Waals surface area contributed by atoms with E-state index in [1.165, 1.54) is 6.08 Å². The molecule has 0 radical (unpaired) electrons. The van der Waals surface area contributed by atoms with Crippen LogP contribution >= 0.6 is 0 Å². The molecule has 0 aliphatic carbocycles. The molecule has 0 fully saturated rings. The van der Waals surface area contributed by atoms with Gasteiger partial charge in [-0.2, -0.15) is 5.10 Å². The number of carbonyl (C=O) groups is 1. The summed E-state index contributed by atoms with van der Waals surface area (Å²) >= 11 is 0. The van der Waals surface area contributed by atoms with Crippen LogP contribution in [-0.2, 0) is 4.79 Å². The summed E-state index contributed by atoms with van der Waals surface area (Å²) in [5, 5.41) is 3.94. The number of rotatable bonds is 5. The Labute approximate surface area is 130 Å². The largest absolute Gasteiger partial charge is 0.378 e. The first kappa shape index (κ1) is 15.5. The molecule has 22 heavy (non-hydrogen) atoms. The molecule has 4 heteroatoms. The van der Waals surface area contributed by atoms with Crippen LogP contribution in [0.15, 0.2) is 65.8 Å². The fraction of sp³-hybridized carbons (Fsp3) is 0.111. The minimum atomic E-state index is -0.259. The Kier molecular flexibility index (Phi) is 5.49. The smallest absolute Gasteiger partial charge is 0.264 e. The Balaban J connectivity index is 1.86. The fourth-order valence-electron chi connectivity index (χ4n) is 1.80. The first-order valence-electron chi connectivity index (χ1n) is 6.99. The molecular weight excluding hydrogens is 274 g/mol. The molecule has 0 aliphatic rings. The van der Waals surface area contributed by atoms with Crippen LogP contribution in [0.1, 0.15) is 11.1 Å². The van der Waals surface area contributed by atoms with Crippen LogP contribution in [0.25, 0.3) is 6.08 Å². The van der Waals surface area contributed by atoms with E-state index < -0.39 is 0 Å². The summed E-state index contributed by atoms with van der Waals surface area (Å²) in [7, 11) is 3.98. The molecule has 1 N–H and O–H groups in total. The minimum absolute atomic E-state index is 0.259. The van der Waals surface area contributed by atoms with Crippen LogP contribution in [-0.4, -0.2) is 26.2 Å². The quantitative estimate of drug-likeness (QED) is 0.523. The van der Waals surface area contributed by atoms with Crippen molar-refractivity contribution >= 4 is 23.9 Å². The van der Waals surface area contributed by atoms with Gasteiger partial charge in [0, 0.05) is 25.9 Å². The zero-order valence-corrected chi connectivity index (χ0v) is 12.7. The van der Waals surface area contributed by atoms with Crippen LogP contribution in [0.2, 0.25) is 0 Å². The molecule has 2 rings (SSSR count). The van der Waals surface area contributed by atoms with Crippen molar-refractivity contribution in [3.8, 4) is 0 Å². The lowest BCUT2D eigenvalue weighted by atomic mass is 10.2. The molecule has 4 nitrogen and oxygen atoms in total. The summed E-state index contributed by atoms with van der Waals surface area (Å²) in [6.07, 6.45) is 4.83. The van der Waals surface area contributed by atoms with Crippen molar-refractivity contribution in [2.75, 3.05) is 19.0 Å². The van der Waals surface area contributed by atoms with E-state index in [4.69, 9.17) is 0 Å². The molecule has 0 unspecified atom stereocenters. The third-order valence-electron chi connectivity index (χ3n) is 3.02. The van der Waals surface area contributed by atoms with E-state index in [0.717, 1.165) is 16.8 Å². The monoisotopic (exact) mass is 293 g/mol. The molecule has 112 valence electrons. The second kappa shape index (κ2) is 7.78. The highest BCUT2D eigenvalue weighted by molar-refractivity contribution is 5.92. The van der Waals surface area contributed by atoms with Gasteiger partial charge in [-0.3, -0.25) is 4.79 Å². The van der Waals surface area contributed by atoms with Crippen LogP contribution in [0.3, 0.4) is 0 Å². The van der Waals surface area contributed by atoms with Gasteiger partial charge >= 0.3 is 0 Å². The molecular formula is C18H19N3O. The van der Waals surface area contributed by atoms with Gasteiger partial charge in [0.25, 0.3) is 5.91 Å². The number of anilines is 1. The summed E-state index contributed by atoms with van der Waals surface area (Å²) in [6.45, 7) is 0. The molecule has 0 heterocycles. The van der Waals surface area contributed by atoms with Crippen molar-refractivity contribution in [3.05, 3.63) is 71.8 Å². The van der Waals surface area contributed by atoms with E-state index in [0.29, 0.717) is 0 Å². The zero-order chi connectivity index (χ0) is 15.8. The molecule has 1 amide bonds. The van der Waals surface area contributed by atoms with Gasteiger partial charge in [0.2, 0.25) is 0 Å². The Morgan fingerprint density at radius 3 is 2.32 bits per heavy atom. The third kappa shape index (κ3) is 4.90. The summed E-state index contributed by atoms with van der Waals surface area (Å²) in [5.41, 5.74) is 5.49. The number of nitrogens with one attached hydrogen (secondary N) is 1. The van der Waals surface area contributed by atoms with Crippen molar-refractivity contribution in [2.24, 2.45) is 5.10 Å². The molecule has 0 saturated heterocycles. The van der Waals surface area contributed by atoms with Crippen LogP contribution in [0.4, 0.5) is 5.69 Å². The summed E-state index contributed by atoms with van der Waals surface area (Å²) in [4.78, 5) is 13.7. The van der Waals surface area contributed by atoms with E-state index in [1.54, 1.807) is 12.3 Å². The SMILES string of the molecule is CN(C)c1ccc(C=NNC(=O)/C=C/c2ccccc2)cc1. The molecule has 0 bridgehead atoms. The van der Waals surface area contributed by atoms with Gasteiger partial charge in [0.05, 0.1) is 6.21 Å². The standard InChI is InChI=1S/C18H19N3O/c1-21(2)17-11-8-16(9-12-17)14-19-20-18(22)13-10-15-6-4-3-5-7-15/h3-14H,1-2H3,(H,20,22)/b13-10+,19-14?. The number of amides is 1.